The maximum Gasteiger partial charge on any atom is 0.253 e. The quantitative estimate of drug-likeness (QED) is 0.345. The van der Waals surface area contributed by atoms with E-state index in [2.05, 4.69) is 47.1 Å². The number of carbonyl (C=O) groups is 1. The number of rotatable bonds is 8. The average molecular weight is 481 g/mol. The van der Waals surface area contributed by atoms with Crippen LogP contribution in [-0.2, 0) is 13.0 Å². The molecule has 2 aromatic carbocycles. The zero-order valence-electron chi connectivity index (χ0n) is 20.4. The van der Waals surface area contributed by atoms with Gasteiger partial charge in [-0.2, -0.15) is 0 Å². The second-order valence-electron chi connectivity index (χ2n) is 9.51. The third-order valence-corrected chi connectivity index (χ3v) is 6.98. The Balaban J connectivity index is 1.40. The molecule has 36 heavy (non-hydrogen) atoms. The van der Waals surface area contributed by atoms with Crippen molar-refractivity contribution in [1.82, 2.24) is 19.6 Å². The van der Waals surface area contributed by atoms with Gasteiger partial charge >= 0.3 is 0 Å². The first-order valence-corrected chi connectivity index (χ1v) is 12.6. The van der Waals surface area contributed by atoms with Gasteiger partial charge in [0, 0.05) is 24.8 Å². The molecule has 2 aromatic heterocycles. The van der Waals surface area contributed by atoms with Gasteiger partial charge in [-0.25, -0.2) is 4.98 Å². The molecule has 1 saturated heterocycles. The van der Waals surface area contributed by atoms with Crippen molar-refractivity contribution in [3.8, 4) is 17.0 Å². The van der Waals surface area contributed by atoms with Crippen molar-refractivity contribution in [3.63, 3.8) is 0 Å². The number of aromatic nitrogens is 2. The molecule has 0 radical (unpaired) electrons. The van der Waals surface area contributed by atoms with Gasteiger partial charge in [-0.1, -0.05) is 36.4 Å². The number of phenolic OH excluding ortho intramolecular Hbond substituents is 1. The first-order valence-electron chi connectivity index (χ1n) is 12.6. The van der Waals surface area contributed by atoms with E-state index in [1.165, 1.54) is 5.56 Å². The Morgan fingerprint density at radius 1 is 1.06 bits per heavy atom. The number of pyridine rings is 1. The minimum atomic E-state index is -0.135. The summed E-state index contributed by atoms with van der Waals surface area (Å²) < 4.78 is 2.04. The number of fused-ring (bicyclic) bond motifs is 1. The summed E-state index contributed by atoms with van der Waals surface area (Å²) in [4.78, 5) is 20.0. The van der Waals surface area contributed by atoms with E-state index in [1.54, 1.807) is 24.3 Å². The summed E-state index contributed by atoms with van der Waals surface area (Å²) in [5.41, 5.74) is 5.67. The summed E-state index contributed by atoms with van der Waals surface area (Å²) in [6, 6.07) is 21.6. The topological polar surface area (TPSA) is 69.9 Å². The van der Waals surface area contributed by atoms with E-state index in [9.17, 15) is 9.90 Å². The zero-order valence-corrected chi connectivity index (χ0v) is 20.4. The van der Waals surface area contributed by atoms with E-state index in [4.69, 9.17) is 4.98 Å². The van der Waals surface area contributed by atoms with E-state index < -0.39 is 0 Å². The van der Waals surface area contributed by atoms with Crippen LogP contribution >= 0.6 is 0 Å². The largest absolute Gasteiger partial charge is 0.508 e. The first kappa shape index (κ1) is 23.8. The van der Waals surface area contributed by atoms with Crippen molar-refractivity contribution >= 4 is 11.6 Å². The van der Waals surface area contributed by atoms with Crippen LogP contribution in [0.25, 0.3) is 16.9 Å². The molecule has 2 N–H and O–H groups in total. The average Bonchev–Trinajstić information content (AvgIpc) is 3.27. The lowest BCUT2D eigenvalue weighted by Gasteiger charge is -2.32. The van der Waals surface area contributed by atoms with Gasteiger partial charge in [0.25, 0.3) is 5.91 Å². The van der Waals surface area contributed by atoms with E-state index in [0.717, 1.165) is 61.5 Å². The van der Waals surface area contributed by atoms with Crippen LogP contribution in [0.2, 0.25) is 0 Å². The highest BCUT2D eigenvalue weighted by Crippen LogP contribution is 2.29. The SMILES string of the molecule is C=CCNC(=O)c1ccc2nc(-c3ccc(O)cc3)c(CN3CCC(Cc4ccccc4)CC3)n2c1. The van der Waals surface area contributed by atoms with Crippen LogP contribution in [0.3, 0.4) is 0 Å². The van der Waals surface area contributed by atoms with E-state index >= 15 is 0 Å². The first-order chi connectivity index (χ1) is 17.6. The molecule has 0 atom stereocenters. The van der Waals surface area contributed by atoms with Crippen molar-refractivity contribution < 1.29 is 9.90 Å². The number of hydrogen-bond donors (Lipinski definition) is 2. The van der Waals surface area contributed by atoms with Crippen molar-refractivity contribution in [3.05, 3.63) is 102 Å². The number of carbonyl (C=O) groups excluding carboxylic acids is 1. The molecule has 1 aliphatic rings. The van der Waals surface area contributed by atoms with Crippen molar-refractivity contribution in [2.75, 3.05) is 19.6 Å². The molecule has 0 unspecified atom stereocenters. The second kappa shape index (κ2) is 10.8. The highest BCUT2D eigenvalue weighted by Gasteiger charge is 2.23. The molecule has 6 nitrogen and oxygen atoms in total. The van der Waals surface area contributed by atoms with Crippen LogP contribution in [0.15, 0.2) is 85.6 Å². The highest BCUT2D eigenvalue weighted by molar-refractivity contribution is 5.94. The van der Waals surface area contributed by atoms with Crippen LogP contribution in [0.1, 0.15) is 34.5 Å². The molecule has 184 valence electrons. The summed E-state index contributed by atoms with van der Waals surface area (Å²) >= 11 is 0. The molecule has 4 aromatic rings. The summed E-state index contributed by atoms with van der Waals surface area (Å²) in [5, 5.41) is 12.6. The fourth-order valence-corrected chi connectivity index (χ4v) is 5.00. The van der Waals surface area contributed by atoms with Gasteiger partial charge in [-0.15, -0.1) is 6.58 Å². The molecule has 1 amide bonds. The molecule has 0 aliphatic carbocycles. The van der Waals surface area contributed by atoms with E-state index in [0.29, 0.717) is 18.0 Å². The van der Waals surface area contributed by atoms with E-state index in [1.807, 2.05) is 28.8 Å². The summed E-state index contributed by atoms with van der Waals surface area (Å²) in [6.45, 7) is 6.89. The number of nitrogens with zero attached hydrogens (tertiary/aromatic N) is 3. The lowest BCUT2D eigenvalue weighted by molar-refractivity contribution is 0.0957. The Kier molecular flexibility index (Phi) is 7.14. The van der Waals surface area contributed by atoms with Crippen molar-refractivity contribution in [2.24, 2.45) is 5.92 Å². The standard InChI is InChI=1S/C30H32N4O2/c1-2-16-31-30(36)25-10-13-28-32-29(24-8-11-26(35)12-9-24)27(34(28)20-25)21-33-17-14-23(15-18-33)19-22-6-4-3-5-7-22/h2-13,20,23,35H,1,14-19,21H2,(H,31,36). The number of hydrogen-bond acceptors (Lipinski definition) is 4. The molecular formula is C30H32N4O2. The molecule has 0 saturated carbocycles. The van der Waals surface area contributed by atoms with Crippen LogP contribution < -0.4 is 5.32 Å². The predicted octanol–water partition coefficient (Wildman–Crippen LogP) is 5.08. The number of likely N-dealkylation sites (tertiary alicyclic amines) is 1. The third-order valence-electron chi connectivity index (χ3n) is 6.98. The number of benzene rings is 2. The molecule has 1 fully saturated rings. The summed E-state index contributed by atoms with van der Waals surface area (Å²) in [7, 11) is 0. The maximum atomic E-state index is 12.6. The van der Waals surface area contributed by atoms with Gasteiger partial charge in [-0.3, -0.25) is 9.69 Å². The van der Waals surface area contributed by atoms with Gasteiger partial charge in [-0.05, 0) is 80.2 Å². The number of aromatic hydroxyl groups is 1. The molecule has 0 bridgehead atoms. The van der Waals surface area contributed by atoms with Crippen LogP contribution in [0.5, 0.6) is 5.75 Å². The lowest BCUT2D eigenvalue weighted by atomic mass is 9.90. The van der Waals surface area contributed by atoms with Gasteiger partial charge < -0.3 is 14.8 Å². The molecule has 0 spiro atoms. The Labute approximate surface area is 211 Å². The Morgan fingerprint density at radius 2 is 1.81 bits per heavy atom. The zero-order chi connectivity index (χ0) is 24.9. The fourth-order valence-electron chi connectivity index (χ4n) is 5.00. The van der Waals surface area contributed by atoms with Crippen LogP contribution in [-0.4, -0.2) is 44.9 Å². The van der Waals surface area contributed by atoms with Crippen molar-refractivity contribution in [1.29, 1.82) is 0 Å². The number of amides is 1. The van der Waals surface area contributed by atoms with Gasteiger partial charge in [0.05, 0.1) is 17.0 Å². The molecule has 5 rings (SSSR count). The number of nitrogens with one attached hydrogen (secondary N) is 1. The Hall–Kier alpha value is -3.90. The number of phenols is 1. The highest BCUT2D eigenvalue weighted by atomic mass is 16.3. The van der Waals surface area contributed by atoms with Crippen LogP contribution in [0.4, 0.5) is 0 Å². The monoisotopic (exact) mass is 480 g/mol. The normalized spacial score (nSPS) is 14.7. The molecular weight excluding hydrogens is 448 g/mol. The lowest BCUT2D eigenvalue weighted by Crippen LogP contribution is -2.34. The molecule has 6 heteroatoms. The Morgan fingerprint density at radius 3 is 2.53 bits per heavy atom. The van der Waals surface area contributed by atoms with Gasteiger partial charge in [0.2, 0.25) is 0 Å². The number of imidazole rings is 1. The van der Waals surface area contributed by atoms with Crippen molar-refractivity contribution in [2.45, 2.75) is 25.8 Å². The maximum absolute atomic E-state index is 12.6. The second-order valence-corrected chi connectivity index (χ2v) is 9.51. The predicted molar refractivity (Wildman–Crippen MR) is 143 cm³/mol. The molecule has 3 heterocycles. The molecule has 1 aliphatic heterocycles. The number of piperidine rings is 1. The minimum Gasteiger partial charge on any atom is -0.508 e. The van der Waals surface area contributed by atoms with Crippen LogP contribution in [0, 0.1) is 5.92 Å². The Bertz CT molecular complexity index is 1340. The van der Waals surface area contributed by atoms with Gasteiger partial charge in [0.15, 0.2) is 0 Å². The van der Waals surface area contributed by atoms with E-state index in [-0.39, 0.29) is 11.7 Å². The van der Waals surface area contributed by atoms with Gasteiger partial charge in [0.1, 0.15) is 11.4 Å². The fraction of sp³-hybridized carbons (Fsp3) is 0.267. The summed E-state index contributed by atoms with van der Waals surface area (Å²) in [6.07, 6.45) is 7.00. The minimum absolute atomic E-state index is 0.135. The summed E-state index contributed by atoms with van der Waals surface area (Å²) in [5.74, 6) is 0.789. The third kappa shape index (κ3) is 5.34. The smallest absolute Gasteiger partial charge is 0.253 e.